The van der Waals surface area contributed by atoms with Crippen molar-refractivity contribution < 1.29 is 23.1 Å². The van der Waals surface area contributed by atoms with Crippen LogP contribution in [0.5, 0.6) is 11.5 Å². The van der Waals surface area contributed by atoms with Gasteiger partial charge in [-0.15, -0.1) is 0 Å². The summed E-state index contributed by atoms with van der Waals surface area (Å²) >= 11 is 0. The topological polar surface area (TPSA) is 105 Å². The highest BCUT2D eigenvalue weighted by Gasteiger charge is 2.37. The maximum atomic E-state index is 12.4. The maximum absolute atomic E-state index is 12.4. The molecule has 1 aliphatic rings. The summed E-state index contributed by atoms with van der Waals surface area (Å²) in [5, 5.41) is 12.5. The number of carbonyl (C=O) groups excluding carboxylic acids is 1. The quantitative estimate of drug-likeness (QED) is 0.591. The van der Waals surface area contributed by atoms with Gasteiger partial charge in [-0.1, -0.05) is 25.3 Å². The lowest BCUT2D eigenvalue weighted by molar-refractivity contribution is -0.122. The summed E-state index contributed by atoms with van der Waals surface area (Å²) in [5.74, 6) is 0.335. The molecule has 27 heavy (non-hydrogen) atoms. The van der Waals surface area contributed by atoms with Crippen molar-refractivity contribution in [2.24, 2.45) is 0 Å². The molecule has 1 aromatic rings. The minimum atomic E-state index is -3.37. The van der Waals surface area contributed by atoms with Gasteiger partial charge in [-0.2, -0.15) is 0 Å². The minimum Gasteiger partial charge on any atom is -0.504 e. The summed E-state index contributed by atoms with van der Waals surface area (Å²) in [6.07, 6.45) is 5.05. The van der Waals surface area contributed by atoms with Gasteiger partial charge in [0.2, 0.25) is 15.9 Å². The molecular formula is C19H30N2O5S. The molecule has 1 aromatic carbocycles. The fourth-order valence-electron chi connectivity index (χ4n) is 3.54. The van der Waals surface area contributed by atoms with Gasteiger partial charge in [0.25, 0.3) is 0 Å². The van der Waals surface area contributed by atoms with Crippen LogP contribution in [0.25, 0.3) is 0 Å². The normalized spacial score (nSPS) is 16.7. The van der Waals surface area contributed by atoms with Crippen molar-refractivity contribution in [3.05, 3.63) is 23.8 Å². The van der Waals surface area contributed by atoms with Crippen molar-refractivity contribution >= 4 is 15.9 Å². The van der Waals surface area contributed by atoms with E-state index in [1.165, 1.54) is 7.11 Å². The van der Waals surface area contributed by atoms with Gasteiger partial charge in [0.15, 0.2) is 11.5 Å². The Labute approximate surface area is 161 Å². The number of phenolic OH excluding ortho intramolecular Hbond substituents is 1. The number of nitrogens with one attached hydrogen (secondary N) is 2. The molecular weight excluding hydrogens is 368 g/mol. The van der Waals surface area contributed by atoms with E-state index in [9.17, 15) is 18.3 Å². The molecule has 152 valence electrons. The smallest absolute Gasteiger partial charge is 0.221 e. The molecule has 0 aliphatic heterocycles. The van der Waals surface area contributed by atoms with Gasteiger partial charge in [0.1, 0.15) is 0 Å². The molecule has 0 unspecified atom stereocenters. The fraction of sp³-hybridized carbons (Fsp3) is 0.632. The van der Waals surface area contributed by atoms with Crippen molar-refractivity contribution in [3.8, 4) is 11.5 Å². The molecule has 1 saturated carbocycles. The molecule has 1 fully saturated rings. The Kier molecular flexibility index (Phi) is 7.49. The Balaban J connectivity index is 1.92. The Hall–Kier alpha value is -1.80. The lowest BCUT2D eigenvalue weighted by Gasteiger charge is -2.37. The van der Waals surface area contributed by atoms with Gasteiger partial charge in [0.05, 0.1) is 12.9 Å². The lowest BCUT2D eigenvalue weighted by Crippen LogP contribution is -2.52. The third-order valence-electron chi connectivity index (χ3n) is 5.04. The number of phenols is 1. The molecule has 3 N–H and O–H groups in total. The summed E-state index contributed by atoms with van der Waals surface area (Å²) in [6, 6.07) is 5.08. The van der Waals surface area contributed by atoms with Crippen LogP contribution in [0.3, 0.4) is 0 Å². The Morgan fingerprint density at radius 2 is 1.96 bits per heavy atom. The van der Waals surface area contributed by atoms with E-state index in [1.54, 1.807) is 25.1 Å². The van der Waals surface area contributed by atoms with Gasteiger partial charge in [-0.05, 0) is 43.9 Å². The lowest BCUT2D eigenvalue weighted by atomic mass is 9.80. The van der Waals surface area contributed by atoms with E-state index in [4.69, 9.17) is 4.74 Å². The maximum Gasteiger partial charge on any atom is 0.221 e. The van der Waals surface area contributed by atoms with Crippen LogP contribution < -0.4 is 14.8 Å². The summed E-state index contributed by atoms with van der Waals surface area (Å²) in [4.78, 5) is 12.4. The number of aromatic hydroxyl groups is 1. The van der Waals surface area contributed by atoms with Crippen molar-refractivity contribution in [2.75, 3.05) is 19.4 Å². The van der Waals surface area contributed by atoms with Gasteiger partial charge in [0, 0.05) is 18.5 Å². The summed E-state index contributed by atoms with van der Waals surface area (Å²) in [6.45, 7) is 2.04. The van der Waals surface area contributed by atoms with Crippen molar-refractivity contribution in [2.45, 2.75) is 57.4 Å². The summed E-state index contributed by atoms with van der Waals surface area (Å²) in [5.41, 5.74) is 0.267. The average molecular weight is 399 g/mol. The molecule has 0 heterocycles. The average Bonchev–Trinajstić information content (AvgIpc) is 2.63. The number of benzene rings is 1. The molecule has 0 atom stereocenters. The zero-order chi connectivity index (χ0) is 19.9. The SMILES string of the molecule is CCS(=O)(=O)NC1(CC(=O)NCCc2ccc(O)c(OC)c2)CCCCC1. The van der Waals surface area contributed by atoms with Crippen LogP contribution in [0.2, 0.25) is 0 Å². The Morgan fingerprint density at radius 1 is 1.26 bits per heavy atom. The number of amides is 1. The van der Waals surface area contributed by atoms with Crippen LogP contribution in [0.1, 0.15) is 51.0 Å². The van der Waals surface area contributed by atoms with E-state index in [2.05, 4.69) is 10.0 Å². The molecule has 0 bridgehead atoms. The van der Waals surface area contributed by atoms with E-state index in [0.717, 1.165) is 24.8 Å². The van der Waals surface area contributed by atoms with Crippen LogP contribution in [0, 0.1) is 0 Å². The highest BCUT2D eigenvalue weighted by Crippen LogP contribution is 2.32. The van der Waals surface area contributed by atoms with E-state index < -0.39 is 15.6 Å². The van der Waals surface area contributed by atoms with Crippen LogP contribution >= 0.6 is 0 Å². The van der Waals surface area contributed by atoms with Crippen LogP contribution in [-0.2, 0) is 21.2 Å². The first-order valence-electron chi connectivity index (χ1n) is 9.43. The zero-order valence-electron chi connectivity index (χ0n) is 16.1. The number of methoxy groups -OCH3 is 1. The molecule has 0 saturated heterocycles. The molecule has 1 amide bonds. The predicted octanol–water partition coefficient (Wildman–Crippen LogP) is 2.09. The first-order valence-corrected chi connectivity index (χ1v) is 11.1. The highest BCUT2D eigenvalue weighted by molar-refractivity contribution is 7.89. The number of carbonyl (C=O) groups is 1. The zero-order valence-corrected chi connectivity index (χ0v) is 16.9. The predicted molar refractivity (Wildman–Crippen MR) is 104 cm³/mol. The standard InChI is InChI=1S/C19H30N2O5S/c1-3-27(24,25)21-19(10-5-4-6-11-19)14-18(23)20-12-9-15-7-8-16(22)17(13-15)26-2/h7-8,13,21-22H,3-6,9-12,14H2,1-2H3,(H,20,23). The van der Waals surface area contributed by atoms with Crippen LogP contribution in [-0.4, -0.2) is 44.4 Å². The molecule has 0 radical (unpaired) electrons. The largest absolute Gasteiger partial charge is 0.504 e. The highest BCUT2D eigenvalue weighted by atomic mass is 32.2. The molecule has 0 aromatic heterocycles. The van der Waals surface area contributed by atoms with Gasteiger partial charge >= 0.3 is 0 Å². The molecule has 1 aliphatic carbocycles. The summed E-state index contributed by atoms with van der Waals surface area (Å²) < 4.78 is 32.0. The van der Waals surface area contributed by atoms with Crippen molar-refractivity contribution in [3.63, 3.8) is 0 Å². The van der Waals surface area contributed by atoms with E-state index >= 15 is 0 Å². The molecule has 2 rings (SSSR count). The molecule has 7 nitrogen and oxygen atoms in total. The van der Waals surface area contributed by atoms with E-state index in [1.807, 2.05) is 0 Å². The number of sulfonamides is 1. The number of hydrogen-bond donors (Lipinski definition) is 3. The summed E-state index contributed by atoms with van der Waals surface area (Å²) in [7, 11) is -1.88. The second-order valence-corrected chi connectivity index (χ2v) is 9.14. The third-order valence-corrected chi connectivity index (χ3v) is 6.55. The molecule has 0 spiro atoms. The number of ether oxygens (including phenoxy) is 1. The van der Waals surface area contributed by atoms with E-state index in [0.29, 0.717) is 31.6 Å². The first-order chi connectivity index (χ1) is 12.8. The van der Waals surface area contributed by atoms with Gasteiger partial charge in [-0.25, -0.2) is 13.1 Å². The second kappa shape index (κ2) is 9.41. The van der Waals surface area contributed by atoms with Crippen LogP contribution in [0.15, 0.2) is 18.2 Å². The van der Waals surface area contributed by atoms with Crippen molar-refractivity contribution in [1.29, 1.82) is 0 Å². The minimum absolute atomic E-state index is 0.0130. The molecule has 8 heteroatoms. The van der Waals surface area contributed by atoms with Crippen molar-refractivity contribution in [1.82, 2.24) is 10.0 Å². The Morgan fingerprint density at radius 3 is 2.59 bits per heavy atom. The van der Waals surface area contributed by atoms with Gasteiger partial charge < -0.3 is 15.2 Å². The second-order valence-electron chi connectivity index (χ2n) is 7.13. The third kappa shape index (κ3) is 6.39. The monoisotopic (exact) mass is 398 g/mol. The Bertz CT molecular complexity index is 742. The number of rotatable bonds is 9. The van der Waals surface area contributed by atoms with Crippen LogP contribution in [0.4, 0.5) is 0 Å². The van der Waals surface area contributed by atoms with E-state index in [-0.39, 0.29) is 23.8 Å². The fourth-order valence-corrected chi connectivity index (χ4v) is 4.62. The number of hydrogen-bond acceptors (Lipinski definition) is 5. The first kappa shape index (κ1) is 21.5. The van der Waals surface area contributed by atoms with Gasteiger partial charge in [-0.3, -0.25) is 4.79 Å².